The average Bonchev–Trinajstić information content (AvgIpc) is 3.01. The molecule has 0 heterocycles. The minimum atomic E-state index is -1.11. The number of hydrogen-bond acceptors (Lipinski definition) is 3. The Morgan fingerprint density at radius 1 is 0.900 bits per heavy atom. The summed E-state index contributed by atoms with van der Waals surface area (Å²) in [5.74, 6) is 4.13. The van der Waals surface area contributed by atoms with Crippen LogP contribution in [0.3, 0.4) is 0 Å². The van der Waals surface area contributed by atoms with Gasteiger partial charge in [0, 0.05) is 11.8 Å². The Hall–Kier alpha value is -0.120. The molecule has 30 heavy (non-hydrogen) atoms. The lowest BCUT2D eigenvalue weighted by atomic mass is 9.42. The van der Waals surface area contributed by atoms with E-state index >= 15 is 0 Å². The van der Waals surface area contributed by atoms with Crippen molar-refractivity contribution in [3.05, 3.63) is 0 Å². The summed E-state index contributed by atoms with van der Waals surface area (Å²) >= 11 is 0. The van der Waals surface area contributed by atoms with Crippen LogP contribution in [-0.2, 0) is 0 Å². The first-order valence-corrected chi connectivity index (χ1v) is 13.1. The molecule has 3 N–H and O–H groups in total. The van der Waals surface area contributed by atoms with E-state index < -0.39 is 17.8 Å². The molecular formula is C27H48O3. The van der Waals surface area contributed by atoms with E-state index in [1.807, 2.05) is 0 Å². The molecule has 0 bridgehead atoms. The van der Waals surface area contributed by atoms with Crippen molar-refractivity contribution in [2.24, 2.45) is 46.3 Å². The Morgan fingerprint density at radius 3 is 2.33 bits per heavy atom. The van der Waals surface area contributed by atoms with E-state index in [0.29, 0.717) is 29.6 Å². The van der Waals surface area contributed by atoms with Gasteiger partial charge in [0.25, 0.3) is 0 Å². The van der Waals surface area contributed by atoms with Crippen LogP contribution in [0.4, 0.5) is 0 Å². The molecule has 0 aromatic carbocycles. The molecule has 4 aliphatic carbocycles. The molecule has 0 aliphatic heterocycles. The van der Waals surface area contributed by atoms with Crippen LogP contribution in [0.1, 0.15) is 105 Å². The second kappa shape index (κ2) is 8.03. The van der Waals surface area contributed by atoms with Gasteiger partial charge in [-0.1, -0.05) is 53.9 Å². The lowest BCUT2D eigenvalue weighted by Gasteiger charge is -2.65. The van der Waals surface area contributed by atoms with Gasteiger partial charge < -0.3 is 15.3 Å². The fraction of sp³-hybridized carbons (Fsp3) is 1.00. The van der Waals surface area contributed by atoms with Gasteiger partial charge in [0.1, 0.15) is 0 Å². The lowest BCUT2D eigenvalue weighted by molar-refractivity contribution is -0.264. The maximum absolute atomic E-state index is 11.6. The van der Waals surface area contributed by atoms with Crippen molar-refractivity contribution in [1.29, 1.82) is 0 Å². The number of hydrogen-bond donors (Lipinski definition) is 3. The van der Waals surface area contributed by atoms with E-state index in [2.05, 4.69) is 34.6 Å². The minimum absolute atomic E-state index is 0.253. The summed E-state index contributed by atoms with van der Waals surface area (Å²) in [6.07, 6.45) is 10.7. The third-order valence-electron chi connectivity index (χ3n) is 11.0. The topological polar surface area (TPSA) is 60.7 Å². The molecule has 0 amide bonds. The standard InChI is InChI=1S/C27H48O3/c1-17(2)7-6-8-18(3)21-9-10-22-20-15-24(29)27(30)16-19(28)11-14-26(27,5)23(20)12-13-25(21,22)4/h17-24,28-30H,6-16H2,1-5H3/t18-,19-,20+,21-,22+,23+,24+,25-,26-,27-/m1/s1. The van der Waals surface area contributed by atoms with Crippen LogP contribution in [-0.4, -0.2) is 33.1 Å². The quantitative estimate of drug-likeness (QED) is 0.546. The number of aliphatic hydroxyl groups is 3. The molecule has 0 aromatic rings. The third kappa shape index (κ3) is 3.41. The SMILES string of the molecule is CC(C)CCC[C@@H](C)[C@H]1CC[C@H]2[C@@H]3C[C@H](O)[C@]4(O)C[C@H](O)CC[C@]4(C)[C@H]3CC[C@]12C. The van der Waals surface area contributed by atoms with E-state index in [9.17, 15) is 15.3 Å². The summed E-state index contributed by atoms with van der Waals surface area (Å²) in [7, 11) is 0. The first-order chi connectivity index (χ1) is 14.0. The number of rotatable bonds is 5. The van der Waals surface area contributed by atoms with Crippen LogP contribution >= 0.6 is 0 Å². The second-order valence-electron chi connectivity index (χ2n) is 12.9. The molecule has 174 valence electrons. The van der Waals surface area contributed by atoms with Gasteiger partial charge in [0.2, 0.25) is 0 Å². The molecule has 3 nitrogen and oxygen atoms in total. The molecule has 4 rings (SSSR count). The van der Waals surface area contributed by atoms with Crippen molar-refractivity contribution >= 4 is 0 Å². The summed E-state index contributed by atoms with van der Waals surface area (Å²) in [4.78, 5) is 0. The number of fused-ring (bicyclic) bond motifs is 5. The van der Waals surface area contributed by atoms with Crippen LogP contribution < -0.4 is 0 Å². The molecule has 0 saturated heterocycles. The zero-order valence-electron chi connectivity index (χ0n) is 20.2. The van der Waals surface area contributed by atoms with Gasteiger partial charge in [-0.3, -0.25) is 0 Å². The highest BCUT2D eigenvalue weighted by Gasteiger charge is 2.67. The molecule has 3 heteroatoms. The van der Waals surface area contributed by atoms with Crippen LogP contribution in [0.5, 0.6) is 0 Å². The predicted molar refractivity (Wildman–Crippen MR) is 122 cm³/mol. The monoisotopic (exact) mass is 420 g/mol. The smallest absolute Gasteiger partial charge is 0.0985 e. The van der Waals surface area contributed by atoms with Crippen molar-refractivity contribution in [1.82, 2.24) is 0 Å². The van der Waals surface area contributed by atoms with E-state index in [4.69, 9.17) is 0 Å². The summed E-state index contributed by atoms with van der Waals surface area (Å²) in [6.45, 7) is 12.0. The van der Waals surface area contributed by atoms with Gasteiger partial charge in [-0.2, -0.15) is 0 Å². The normalized spacial score (nSPS) is 51.9. The van der Waals surface area contributed by atoms with Crippen molar-refractivity contribution in [2.45, 2.75) is 123 Å². The zero-order valence-corrected chi connectivity index (χ0v) is 20.2. The second-order valence-corrected chi connectivity index (χ2v) is 12.9. The van der Waals surface area contributed by atoms with E-state index in [-0.39, 0.29) is 5.41 Å². The van der Waals surface area contributed by atoms with Crippen molar-refractivity contribution in [3.63, 3.8) is 0 Å². The van der Waals surface area contributed by atoms with E-state index in [1.165, 1.54) is 44.9 Å². The predicted octanol–water partition coefficient (Wildman–Crippen LogP) is 5.55. The Labute approximate surface area is 185 Å². The molecule has 4 saturated carbocycles. The fourth-order valence-electron chi connectivity index (χ4n) is 9.29. The minimum Gasteiger partial charge on any atom is -0.393 e. The van der Waals surface area contributed by atoms with Gasteiger partial charge in [0.15, 0.2) is 0 Å². The highest BCUT2D eigenvalue weighted by molar-refractivity contribution is 5.17. The summed E-state index contributed by atoms with van der Waals surface area (Å²) in [5, 5.41) is 33.0. The average molecular weight is 421 g/mol. The Kier molecular flexibility index (Phi) is 6.17. The van der Waals surface area contributed by atoms with Gasteiger partial charge in [-0.05, 0) is 85.9 Å². The highest BCUT2D eigenvalue weighted by Crippen LogP contribution is 2.69. The summed E-state index contributed by atoms with van der Waals surface area (Å²) < 4.78 is 0. The summed E-state index contributed by atoms with van der Waals surface area (Å²) in [5.41, 5.74) is -0.962. The largest absolute Gasteiger partial charge is 0.393 e. The molecule has 0 aromatic heterocycles. The van der Waals surface area contributed by atoms with Gasteiger partial charge in [-0.25, -0.2) is 0 Å². The van der Waals surface area contributed by atoms with Gasteiger partial charge in [0.05, 0.1) is 17.8 Å². The Bertz CT molecular complexity index is 619. The van der Waals surface area contributed by atoms with Crippen molar-refractivity contribution in [2.75, 3.05) is 0 Å². The van der Waals surface area contributed by atoms with Crippen LogP contribution in [0.15, 0.2) is 0 Å². The fourth-order valence-corrected chi connectivity index (χ4v) is 9.29. The zero-order chi connectivity index (χ0) is 21.9. The molecule has 0 radical (unpaired) electrons. The number of aliphatic hydroxyl groups excluding tert-OH is 2. The summed E-state index contributed by atoms with van der Waals surface area (Å²) in [6, 6.07) is 0. The van der Waals surface area contributed by atoms with Gasteiger partial charge in [-0.15, -0.1) is 0 Å². The van der Waals surface area contributed by atoms with Crippen molar-refractivity contribution in [3.8, 4) is 0 Å². The Morgan fingerprint density at radius 2 is 1.63 bits per heavy atom. The molecular weight excluding hydrogens is 372 g/mol. The van der Waals surface area contributed by atoms with E-state index in [0.717, 1.165) is 37.0 Å². The molecule has 4 aliphatic rings. The molecule has 10 atom stereocenters. The molecule has 0 spiro atoms. The first-order valence-electron chi connectivity index (χ1n) is 13.1. The van der Waals surface area contributed by atoms with Crippen LogP contribution in [0.2, 0.25) is 0 Å². The van der Waals surface area contributed by atoms with Crippen LogP contribution in [0, 0.1) is 46.3 Å². The highest BCUT2D eigenvalue weighted by atomic mass is 16.3. The maximum atomic E-state index is 11.6. The van der Waals surface area contributed by atoms with E-state index in [1.54, 1.807) is 0 Å². The van der Waals surface area contributed by atoms with Crippen LogP contribution in [0.25, 0.3) is 0 Å². The van der Waals surface area contributed by atoms with Gasteiger partial charge >= 0.3 is 0 Å². The lowest BCUT2D eigenvalue weighted by Crippen LogP contribution is -2.68. The maximum Gasteiger partial charge on any atom is 0.0985 e. The molecule has 0 unspecified atom stereocenters. The first kappa shape index (κ1) is 23.1. The molecule has 4 fully saturated rings. The van der Waals surface area contributed by atoms with Crippen molar-refractivity contribution < 1.29 is 15.3 Å². The third-order valence-corrected chi connectivity index (χ3v) is 11.0. The Balaban J connectivity index is 1.53.